The van der Waals surface area contributed by atoms with Gasteiger partial charge in [0.05, 0.1) is 17.5 Å². The number of carbonyl (C=O) groups is 2. The number of piperidine rings is 1. The van der Waals surface area contributed by atoms with Crippen LogP contribution in [0, 0.1) is 0 Å². The van der Waals surface area contributed by atoms with E-state index in [2.05, 4.69) is 15.2 Å². The first kappa shape index (κ1) is 20.2. The Bertz CT molecular complexity index is 1070. The average Bonchev–Trinajstić information content (AvgIpc) is 3.26. The molecule has 0 spiro atoms. The van der Waals surface area contributed by atoms with E-state index in [0.717, 1.165) is 41.8 Å². The molecule has 1 unspecified atom stereocenters. The molecular weight excluding hydrogens is 406 g/mol. The lowest BCUT2D eigenvalue weighted by atomic mass is 10.1. The lowest BCUT2D eigenvalue weighted by molar-refractivity contribution is -0.146. The molecule has 1 amide bonds. The second-order valence-corrected chi connectivity index (χ2v) is 7.70. The summed E-state index contributed by atoms with van der Waals surface area (Å²) in [5, 5.41) is 4.54. The van der Waals surface area contributed by atoms with Crippen LogP contribution in [0.4, 0.5) is 5.82 Å². The van der Waals surface area contributed by atoms with Crippen molar-refractivity contribution in [3.05, 3.63) is 48.0 Å². The van der Waals surface area contributed by atoms with E-state index in [4.69, 9.17) is 21.3 Å². The average molecular weight is 428 g/mol. The Labute approximate surface area is 178 Å². The predicted molar refractivity (Wildman–Crippen MR) is 114 cm³/mol. The maximum atomic E-state index is 12.0. The van der Waals surface area contributed by atoms with Gasteiger partial charge in [-0.25, -0.2) is 9.97 Å². The Balaban J connectivity index is 1.59. The molecule has 0 aliphatic carbocycles. The number of amides is 1. The molecule has 0 radical (unpaired) electrons. The molecule has 1 fully saturated rings. The first-order valence-corrected chi connectivity index (χ1v) is 10.1. The molecule has 4 rings (SSSR count). The van der Waals surface area contributed by atoms with Crippen molar-refractivity contribution < 1.29 is 14.3 Å². The van der Waals surface area contributed by atoms with Crippen LogP contribution in [0.15, 0.2) is 43.0 Å². The summed E-state index contributed by atoms with van der Waals surface area (Å²) in [5.41, 5.74) is 1.76. The van der Waals surface area contributed by atoms with Crippen molar-refractivity contribution in [2.75, 3.05) is 24.6 Å². The molecule has 3 heterocycles. The fourth-order valence-corrected chi connectivity index (χ4v) is 3.85. The number of benzene rings is 1. The van der Waals surface area contributed by atoms with Gasteiger partial charge in [0.15, 0.2) is 6.61 Å². The summed E-state index contributed by atoms with van der Waals surface area (Å²) >= 11 is 6.21. The molecule has 0 saturated carbocycles. The van der Waals surface area contributed by atoms with Gasteiger partial charge in [-0.2, -0.15) is 0 Å². The van der Waals surface area contributed by atoms with Crippen LogP contribution in [0.2, 0.25) is 5.02 Å². The zero-order chi connectivity index (χ0) is 21.1. The summed E-state index contributed by atoms with van der Waals surface area (Å²) in [6.07, 6.45) is 7.14. The van der Waals surface area contributed by atoms with Gasteiger partial charge in [0, 0.05) is 54.9 Å². The number of hydrogen-bond donors (Lipinski definition) is 1. The third-order valence-electron chi connectivity index (χ3n) is 5.04. The van der Waals surface area contributed by atoms with Crippen molar-refractivity contribution >= 4 is 40.2 Å². The highest BCUT2D eigenvalue weighted by Gasteiger charge is 2.23. The van der Waals surface area contributed by atoms with Gasteiger partial charge in [0.2, 0.25) is 0 Å². The molecule has 8 nitrogen and oxygen atoms in total. The number of ether oxygens (including phenoxy) is 1. The molecule has 2 aromatic heterocycles. The van der Waals surface area contributed by atoms with E-state index in [9.17, 15) is 9.59 Å². The maximum absolute atomic E-state index is 12.0. The number of esters is 1. The molecule has 1 aromatic carbocycles. The van der Waals surface area contributed by atoms with Crippen molar-refractivity contribution in [1.29, 1.82) is 0 Å². The highest BCUT2D eigenvalue weighted by atomic mass is 35.5. The Morgan fingerprint density at radius 3 is 2.97 bits per heavy atom. The Hall–Kier alpha value is -3.13. The number of fused-ring (bicyclic) bond motifs is 1. The van der Waals surface area contributed by atoms with E-state index in [1.165, 1.54) is 6.92 Å². The molecule has 9 heteroatoms. The molecule has 3 aromatic rings. The van der Waals surface area contributed by atoms with Crippen LogP contribution in [0.1, 0.15) is 19.8 Å². The van der Waals surface area contributed by atoms with Crippen molar-refractivity contribution in [3.63, 3.8) is 0 Å². The van der Waals surface area contributed by atoms with Crippen LogP contribution in [-0.2, 0) is 14.3 Å². The van der Waals surface area contributed by atoms with Crippen LogP contribution >= 0.6 is 11.6 Å². The standard InChI is InChI=1S/C21H22ClN5O3/c1-14(28)30-12-21(29)24-16-3-2-7-26(11-16)20-10-19(27-8-6-23-13-27)17-5-4-15(22)9-18(17)25-20/h4-6,8-10,13,16H,2-3,7,11-12H2,1H3,(H,24,29). The fourth-order valence-electron chi connectivity index (χ4n) is 3.69. The van der Waals surface area contributed by atoms with Crippen molar-refractivity contribution in [1.82, 2.24) is 19.9 Å². The van der Waals surface area contributed by atoms with E-state index in [1.54, 1.807) is 12.5 Å². The normalized spacial score (nSPS) is 16.5. The number of rotatable bonds is 5. The molecule has 1 atom stereocenters. The van der Waals surface area contributed by atoms with Gasteiger partial charge < -0.3 is 19.5 Å². The lowest BCUT2D eigenvalue weighted by Gasteiger charge is -2.34. The third-order valence-corrected chi connectivity index (χ3v) is 5.27. The topological polar surface area (TPSA) is 89.4 Å². The maximum Gasteiger partial charge on any atom is 0.303 e. The minimum Gasteiger partial charge on any atom is -0.456 e. The molecule has 156 valence electrons. The molecule has 0 bridgehead atoms. The summed E-state index contributed by atoms with van der Waals surface area (Å²) in [5.74, 6) is 0.0447. The van der Waals surface area contributed by atoms with E-state index < -0.39 is 5.97 Å². The van der Waals surface area contributed by atoms with Gasteiger partial charge in [0.1, 0.15) is 5.82 Å². The quantitative estimate of drug-likeness (QED) is 0.630. The van der Waals surface area contributed by atoms with Crippen LogP contribution in [0.25, 0.3) is 16.6 Å². The van der Waals surface area contributed by atoms with Crippen molar-refractivity contribution in [3.8, 4) is 5.69 Å². The Morgan fingerprint density at radius 2 is 2.20 bits per heavy atom. The highest BCUT2D eigenvalue weighted by Crippen LogP contribution is 2.29. The molecule has 1 N–H and O–H groups in total. The number of imidazole rings is 1. The summed E-state index contributed by atoms with van der Waals surface area (Å²) in [6, 6.07) is 7.64. The van der Waals surface area contributed by atoms with Crippen LogP contribution < -0.4 is 10.2 Å². The number of pyridine rings is 1. The number of halogens is 1. The molecule has 1 aliphatic rings. The van der Waals surface area contributed by atoms with E-state index in [1.807, 2.05) is 35.0 Å². The number of carbonyl (C=O) groups excluding carboxylic acids is 2. The van der Waals surface area contributed by atoms with E-state index in [-0.39, 0.29) is 18.6 Å². The Morgan fingerprint density at radius 1 is 1.33 bits per heavy atom. The molecule has 1 aliphatic heterocycles. The summed E-state index contributed by atoms with van der Waals surface area (Å²) < 4.78 is 6.72. The second kappa shape index (κ2) is 8.71. The lowest BCUT2D eigenvalue weighted by Crippen LogP contribution is -2.49. The van der Waals surface area contributed by atoms with Crippen molar-refractivity contribution in [2.45, 2.75) is 25.8 Å². The Kier molecular flexibility index (Phi) is 5.85. The summed E-state index contributed by atoms with van der Waals surface area (Å²) in [4.78, 5) is 34.1. The zero-order valence-electron chi connectivity index (χ0n) is 16.5. The van der Waals surface area contributed by atoms with Gasteiger partial charge in [-0.1, -0.05) is 11.6 Å². The molecule has 1 saturated heterocycles. The van der Waals surface area contributed by atoms with Gasteiger partial charge in [-0.3, -0.25) is 9.59 Å². The van der Waals surface area contributed by atoms with Gasteiger partial charge in [0.25, 0.3) is 5.91 Å². The SMILES string of the molecule is CC(=O)OCC(=O)NC1CCCN(c2cc(-n3ccnc3)c3ccc(Cl)cc3n2)C1. The second-order valence-electron chi connectivity index (χ2n) is 7.26. The molecule has 30 heavy (non-hydrogen) atoms. The van der Waals surface area contributed by atoms with Crippen LogP contribution in [0.5, 0.6) is 0 Å². The van der Waals surface area contributed by atoms with Gasteiger partial charge >= 0.3 is 5.97 Å². The summed E-state index contributed by atoms with van der Waals surface area (Å²) in [7, 11) is 0. The first-order chi connectivity index (χ1) is 14.5. The number of anilines is 1. The number of hydrogen-bond acceptors (Lipinski definition) is 6. The zero-order valence-corrected chi connectivity index (χ0v) is 17.3. The minimum atomic E-state index is -0.471. The first-order valence-electron chi connectivity index (χ1n) is 9.76. The van der Waals surface area contributed by atoms with E-state index >= 15 is 0 Å². The molecular formula is C21H22ClN5O3. The number of nitrogens with zero attached hydrogens (tertiary/aromatic N) is 4. The smallest absolute Gasteiger partial charge is 0.303 e. The fraction of sp³-hybridized carbons (Fsp3) is 0.333. The van der Waals surface area contributed by atoms with Gasteiger partial charge in [-0.15, -0.1) is 0 Å². The number of nitrogens with one attached hydrogen (secondary N) is 1. The van der Waals surface area contributed by atoms with Gasteiger partial charge in [-0.05, 0) is 31.0 Å². The van der Waals surface area contributed by atoms with Crippen molar-refractivity contribution in [2.24, 2.45) is 0 Å². The van der Waals surface area contributed by atoms with Crippen LogP contribution in [0.3, 0.4) is 0 Å². The largest absolute Gasteiger partial charge is 0.456 e. The number of aromatic nitrogens is 3. The van der Waals surface area contributed by atoms with E-state index in [0.29, 0.717) is 11.6 Å². The highest BCUT2D eigenvalue weighted by molar-refractivity contribution is 6.31. The van der Waals surface area contributed by atoms with Crippen LogP contribution in [-0.4, -0.2) is 52.1 Å². The predicted octanol–water partition coefficient (Wildman–Crippen LogP) is 2.72. The summed E-state index contributed by atoms with van der Waals surface area (Å²) in [6.45, 7) is 2.47. The third kappa shape index (κ3) is 4.54. The monoisotopic (exact) mass is 427 g/mol. The minimum absolute atomic E-state index is 0.0460.